The molecule has 1 unspecified atom stereocenters. The Balaban J connectivity index is 0.00000225. The summed E-state index contributed by atoms with van der Waals surface area (Å²) in [6.45, 7) is 0.526. The van der Waals surface area contributed by atoms with E-state index in [2.05, 4.69) is 15.6 Å². The summed E-state index contributed by atoms with van der Waals surface area (Å²) in [5.74, 6) is 0.0128. The molecular formula is C16H22F2IN3O2S. The first-order valence-electron chi connectivity index (χ1n) is 8.10. The number of sulfone groups is 1. The molecule has 1 aromatic rings. The zero-order valence-corrected chi connectivity index (χ0v) is 16.8. The molecule has 25 heavy (non-hydrogen) atoms. The molecular weight excluding hydrogens is 463 g/mol. The van der Waals surface area contributed by atoms with Gasteiger partial charge < -0.3 is 10.6 Å². The van der Waals surface area contributed by atoms with Crippen LogP contribution in [0.3, 0.4) is 0 Å². The summed E-state index contributed by atoms with van der Waals surface area (Å²) in [6.07, 6.45) is 2.74. The third kappa shape index (κ3) is 6.36. The quantitative estimate of drug-likeness (QED) is 0.382. The average molecular weight is 485 g/mol. The van der Waals surface area contributed by atoms with Crippen LogP contribution in [0.2, 0.25) is 0 Å². The topological polar surface area (TPSA) is 70.6 Å². The van der Waals surface area contributed by atoms with Crippen molar-refractivity contribution in [2.24, 2.45) is 10.9 Å². The number of hydrogen-bond acceptors (Lipinski definition) is 3. The first-order chi connectivity index (χ1) is 11.4. The molecule has 0 amide bonds. The van der Waals surface area contributed by atoms with Crippen molar-refractivity contribution in [3.05, 3.63) is 35.4 Å². The van der Waals surface area contributed by atoms with Gasteiger partial charge in [0.15, 0.2) is 15.8 Å². The van der Waals surface area contributed by atoms with Crippen molar-refractivity contribution in [2.45, 2.75) is 31.8 Å². The first-order valence-corrected chi connectivity index (χ1v) is 9.92. The number of halogens is 3. The summed E-state index contributed by atoms with van der Waals surface area (Å²) in [5.41, 5.74) is 0.190. The minimum absolute atomic E-state index is 0. The van der Waals surface area contributed by atoms with Gasteiger partial charge in [-0.05, 0) is 43.4 Å². The molecule has 1 aliphatic carbocycles. The molecule has 1 atom stereocenters. The summed E-state index contributed by atoms with van der Waals surface area (Å²) in [5, 5.41) is 6.35. The number of guanidine groups is 1. The van der Waals surface area contributed by atoms with Crippen LogP contribution in [0.5, 0.6) is 0 Å². The lowest BCUT2D eigenvalue weighted by molar-refractivity contribution is 0.565. The van der Waals surface area contributed by atoms with Gasteiger partial charge in [0.25, 0.3) is 0 Å². The van der Waals surface area contributed by atoms with Crippen LogP contribution in [-0.2, 0) is 16.4 Å². The third-order valence-corrected chi connectivity index (χ3v) is 6.06. The summed E-state index contributed by atoms with van der Waals surface area (Å²) in [6, 6.07) is 3.65. The molecule has 0 spiro atoms. The van der Waals surface area contributed by atoms with Crippen LogP contribution in [0.1, 0.15) is 24.8 Å². The minimum atomic E-state index is -2.91. The monoisotopic (exact) mass is 485 g/mol. The number of benzene rings is 1. The van der Waals surface area contributed by atoms with E-state index in [0.717, 1.165) is 31.0 Å². The van der Waals surface area contributed by atoms with Crippen LogP contribution < -0.4 is 10.6 Å². The van der Waals surface area contributed by atoms with E-state index in [-0.39, 0.29) is 53.5 Å². The first kappa shape index (κ1) is 20.3. The molecule has 1 heterocycles. The highest BCUT2D eigenvalue weighted by Gasteiger charge is 2.28. The zero-order chi connectivity index (χ0) is 17.2. The van der Waals surface area contributed by atoms with Crippen molar-refractivity contribution in [3.8, 4) is 0 Å². The van der Waals surface area contributed by atoms with Crippen LogP contribution in [0.4, 0.5) is 8.78 Å². The number of nitrogens with zero attached hydrogens (tertiary/aromatic N) is 1. The number of aliphatic imine (C=N–C) groups is 1. The van der Waals surface area contributed by atoms with Gasteiger partial charge in [0.05, 0.1) is 18.1 Å². The molecule has 2 N–H and O–H groups in total. The molecule has 1 saturated carbocycles. The molecule has 0 radical (unpaired) electrons. The van der Waals surface area contributed by atoms with Crippen molar-refractivity contribution in [3.63, 3.8) is 0 Å². The van der Waals surface area contributed by atoms with Gasteiger partial charge in [0, 0.05) is 18.2 Å². The average Bonchev–Trinajstić information content (AvgIpc) is 3.27. The van der Waals surface area contributed by atoms with E-state index < -0.39 is 21.5 Å². The Morgan fingerprint density at radius 1 is 1.24 bits per heavy atom. The number of hydrogen-bond donors (Lipinski definition) is 2. The van der Waals surface area contributed by atoms with Crippen molar-refractivity contribution in [1.82, 2.24) is 10.6 Å². The van der Waals surface area contributed by atoms with Gasteiger partial charge >= 0.3 is 0 Å². The van der Waals surface area contributed by atoms with Gasteiger partial charge in [-0.15, -0.1) is 24.0 Å². The molecule has 0 aromatic heterocycles. The lowest BCUT2D eigenvalue weighted by atomic mass is 10.1. The molecule has 5 nitrogen and oxygen atoms in total. The molecule has 0 bridgehead atoms. The highest BCUT2D eigenvalue weighted by atomic mass is 127. The Bertz CT molecular complexity index is 739. The lowest BCUT2D eigenvalue weighted by Gasteiger charge is -2.15. The predicted octanol–water partition coefficient (Wildman–Crippen LogP) is 2.22. The molecule has 2 aliphatic rings. The fourth-order valence-electron chi connectivity index (χ4n) is 2.68. The highest BCUT2D eigenvalue weighted by molar-refractivity contribution is 14.0. The highest BCUT2D eigenvalue weighted by Crippen LogP contribution is 2.19. The summed E-state index contributed by atoms with van der Waals surface area (Å²) < 4.78 is 49.9. The van der Waals surface area contributed by atoms with Crippen molar-refractivity contribution < 1.29 is 17.2 Å². The van der Waals surface area contributed by atoms with E-state index in [1.807, 2.05) is 0 Å². The predicted molar refractivity (Wildman–Crippen MR) is 104 cm³/mol. The maximum Gasteiger partial charge on any atom is 0.191 e. The summed E-state index contributed by atoms with van der Waals surface area (Å²) in [7, 11) is -2.91. The van der Waals surface area contributed by atoms with Gasteiger partial charge in [-0.25, -0.2) is 22.2 Å². The van der Waals surface area contributed by atoms with E-state index in [1.54, 1.807) is 0 Å². The van der Waals surface area contributed by atoms with E-state index in [4.69, 9.17) is 0 Å². The van der Waals surface area contributed by atoms with E-state index in [9.17, 15) is 17.2 Å². The lowest BCUT2D eigenvalue weighted by Crippen LogP contribution is -2.41. The Morgan fingerprint density at radius 2 is 2.00 bits per heavy atom. The van der Waals surface area contributed by atoms with E-state index in [0.29, 0.717) is 25.0 Å². The van der Waals surface area contributed by atoms with Gasteiger partial charge in [-0.2, -0.15) is 0 Å². The van der Waals surface area contributed by atoms with Gasteiger partial charge in [0.2, 0.25) is 0 Å². The van der Waals surface area contributed by atoms with E-state index in [1.165, 1.54) is 0 Å². The summed E-state index contributed by atoms with van der Waals surface area (Å²) in [4.78, 5) is 4.31. The fraction of sp³-hybridized carbons (Fsp3) is 0.562. The van der Waals surface area contributed by atoms with E-state index >= 15 is 0 Å². The van der Waals surface area contributed by atoms with Crippen molar-refractivity contribution >= 4 is 39.8 Å². The number of nitrogens with one attached hydrogen (secondary N) is 2. The van der Waals surface area contributed by atoms with Gasteiger partial charge in [-0.3, -0.25) is 0 Å². The van der Waals surface area contributed by atoms with Crippen LogP contribution in [-0.4, -0.2) is 38.5 Å². The number of rotatable bonds is 5. The van der Waals surface area contributed by atoms with Gasteiger partial charge in [-0.1, -0.05) is 0 Å². The fourth-order valence-corrected chi connectivity index (χ4v) is 4.54. The molecule has 2 fully saturated rings. The maximum atomic E-state index is 13.7. The smallest absolute Gasteiger partial charge is 0.191 e. The van der Waals surface area contributed by atoms with Crippen LogP contribution in [0, 0.1) is 17.6 Å². The molecule has 1 aromatic carbocycles. The molecule has 140 valence electrons. The molecule has 9 heteroatoms. The largest absolute Gasteiger partial charge is 0.356 e. The standard InChI is InChI=1S/C16H21F2N3O2S.HI/c17-13-1-4-15(18)12(7-13)9-20-16(21-14-2-3-14)19-8-11-5-6-24(22,23)10-11;/h1,4,7,11,14H,2-3,5-6,8-10H2,(H2,19,20,21);1H. The van der Waals surface area contributed by atoms with Crippen LogP contribution in [0.25, 0.3) is 0 Å². The minimum Gasteiger partial charge on any atom is -0.356 e. The Labute approximate surface area is 163 Å². The van der Waals surface area contributed by atoms with Crippen molar-refractivity contribution in [2.75, 3.05) is 18.1 Å². The second kappa shape index (κ2) is 8.61. The second-order valence-electron chi connectivity index (χ2n) is 6.47. The second-order valence-corrected chi connectivity index (χ2v) is 8.70. The molecule has 1 saturated heterocycles. The third-order valence-electron chi connectivity index (χ3n) is 4.22. The Kier molecular flexibility index (Phi) is 7.01. The molecule has 3 rings (SSSR count). The van der Waals surface area contributed by atoms with Crippen molar-refractivity contribution in [1.29, 1.82) is 0 Å². The maximum absolute atomic E-state index is 13.7. The van der Waals surface area contributed by atoms with Gasteiger partial charge in [0.1, 0.15) is 11.6 Å². The van der Waals surface area contributed by atoms with Crippen LogP contribution >= 0.6 is 24.0 Å². The molecule has 1 aliphatic heterocycles. The normalized spacial score (nSPS) is 22.3. The zero-order valence-electron chi connectivity index (χ0n) is 13.7. The summed E-state index contributed by atoms with van der Waals surface area (Å²) >= 11 is 0. The Morgan fingerprint density at radius 3 is 2.64 bits per heavy atom. The SMILES string of the molecule is I.O=S1(=O)CCC(CNC(=NCc2cc(F)ccc2F)NC2CC2)C1. The Hall–Kier alpha value is -0.970. The van der Waals surface area contributed by atoms with Crippen LogP contribution in [0.15, 0.2) is 23.2 Å².